The standard InChI is InChI=1S/C27H28F3N3O3.C19H19F3N2O2/c1-25(2,21-11-18(19-12-31-16-32-13-19)10-17-7-9-36-24(17)21)14-26(35,27(28,29)30)15-33-8-6-20-22(33)4-3-5-23(20)34;1-17(2,9-18(10-26-18)19(20,21)22)15-6-13(14-7-23-11-24-8-14)5-12-3-4-25-16(12)15/h6,8,10-13,16,35H,3-5,7,9,14-15H2,1-2H3;5-8,11H,3-4,9-10H2,1-2H3. The number of hydrogen-bond donors (Lipinski definition) is 1. The number of halogens is 6. The normalized spacial score (nSPS) is 19.3. The SMILES string of the molecule is CC(C)(CC(O)(Cn1ccc2c1CCCC2=O)C(F)(F)F)c1cc(-c2cncnc2)cc2c1OCC2.CC(C)(CC1(C(F)(F)F)CO1)c1cc(-c2cncnc2)cc2c1OCC2. The number of ketones is 1. The molecule has 328 valence electrons. The van der Waals surface area contributed by atoms with Crippen LogP contribution < -0.4 is 9.47 Å². The molecule has 3 aromatic heterocycles. The lowest BCUT2D eigenvalue weighted by atomic mass is 9.73. The summed E-state index contributed by atoms with van der Waals surface area (Å²) < 4.78 is 102. The zero-order valence-electron chi connectivity index (χ0n) is 34.8. The van der Waals surface area contributed by atoms with E-state index in [0.29, 0.717) is 67.2 Å². The number of nitrogens with zero attached hydrogens (tertiary/aromatic N) is 5. The van der Waals surface area contributed by atoms with Gasteiger partial charge in [-0.3, -0.25) is 4.79 Å². The lowest BCUT2D eigenvalue weighted by Crippen LogP contribution is -2.52. The molecule has 0 radical (unpaired) electrons. The monoisotopic (exact) mass is 863 g/mol. The molecule has 4 aliphatic rings. The van der Waals surface area contributed by atoms with Crippen molar-refractivity contribution in [1.82, 2.24) is 24.5 Å². The van der Waals surface area contributed by atoms with Gasteiger partial charge in [0, 0.05) is 83.8 Å². The van der Waals surface area contributed by atoms with Gasteiger partial charge in [0.1, 0.15) is 24.2 Å². The van der Waals surface area contributed by atoms with Gasteiger partial charge in [-0.1, -0.05) is 27.7 Å². The highest BCUT2D eigenvalue weighted by atomic mass is 19.4. The van der Waals surface area contributed by atoms with E-state index in [1.807, 2.05) is 38.1 Å². The second kappa shape index (κ2) is 15.8. The molecule has 1 N–H and O–H groups in total. The predicted molar refractivity (Wildman–Crippen MR) is 216 cm³/mol. The lowest BCUT2D eigenvalue weighted by Gasteiger charge is -2.39. The maximum absolute atomic E-state index is 14.5. The third-order valence-corrected chi connectivity index (χ3v) is 12.4. The summed E-state index contributed by atoms with van der Waals surface area (Å²) in [5.74, 6) is 1.21. The largest absolute Gasteiger partial charge is 0.493 e. The van der Waals surface area contributed by atoms with Gasteiger partial charge in [0.25, 0.3) is 0 Å². The fraction of sp³-hybridized carbons (Fsp3) is 0.457. The molecular formula is C46H47F6N5O5. The van der Waals surface area contributed by atoms with E-state index in [1.54, 1.807) is 44.7 Å². The second-order valence-electron chi connectivity index (χ2n) is 18.0. The van der Waals surface area contributed by atoms with Crippen LogP contribution in [0.1, 0.15) is 91.7 Å². The summed E-state index contributed by atoms with van der Waals surface area (Å²) in [6, 6.07) is 9.24. The number of carbonyl (C=O) groups excluding carboxylic acids is 1. The van der Waals surface area contributed by atoms with Crippen molar-refractivity contribution in [3.8, 4) is 33.8 Å². The van der Waals surface area contributed by atoms with E-state index >= 15 is 0 Å². The minimum absolute atomic E-state index is 0.0692. The topological polar surface area (TPSA) is 125 Å². The molecule has 16 heteroatoms. The predicted octanol–water partition coefficient (Wildman–Crippen LogP) is 9.14. The van der Waals surface area contributed by atoms with Crippen LogP contribution in [-0.2, 0) is 41.4 Å². The van der Waals surface area contributed by atoms with Crippen molar-refractivity contribution >= 4 is 5.78 Å². The maximum atomic E-state index is 14.5. The summed E-state index contributed by atoms with van der Waals surface area (Å²) in [5.41, 5.74) is 0.595. The third-order valence-electron chi connectivity index (χ3n) is 12.4. The fourth-order valence-corrected chi connectivity index (χ4v) is 9.20. The Morgan fingerprint density at radius 1 is 0.726 bits per heavy atom. The molecule has 3 aliphatic heterocycles. The molecule has 2 unspecified atom stereocenters. The van der Waals surface area contributed by atoms with Crippen molar-refractivity contribution in [1.29, 1.82) is 0 Å². The molecule has 9 rings (SSSR count). The summed E-state index contributed by atoms with van der Waals surface area (Å²) >= 11 is 0. The van der Waals surface area contributed by atoms with Crippen molar-refractivity contribution < 1.29 is 50.5 Å². The molecule has 10 nitrogen and oxygen atoms in total. The molecule has 6 heterocycles. The Morgan fingerprint density at radius 3 is 1.73 bits per heavy atom. The van der Waals surface area contributed by atoms with Crippen LogP contribution >= 0.6 is 0 Å². The molecule has 0 saturated carbocycles. The Bertz CT molecular complexity index is 2470. The molecule has 1 fully saturated rings. The number of rotatable bonds is 10. The number of carbonyl (C=O) groups is 1. The Hall–Kier alpha value is -5.35. The fourth-order valence-electron chi connectivity index (χ4n) is 9.20. The quantitative estimate of drug-likeness (QED) is 0.108. The first-order valence-electron chi connectivity index (χ1n) is 20.5. The number of hydrogen-bond acceptors (Lipinski definition) is 9. The number of ether oxygens (including phenoxy) is 3. The van der Waals surface area contributed by atoms with Gasteiger partial charge in [-0.25, -0.2) is 19.9 Å². The van der Waals surface area contributed by atoms with Gasteiger partial charge in [-0.05, 0) is 89.1 Å². The molecule has 0 amide bonds. The number of aromatic nitrogens is 5. The lowest BCUT2D eigenvalue weighted by molar-refractivity contribution is -0.271. The maximum Gasteiger partial charge on any atom is 0.419 e. The number of benzene rings is 2. The first kappa shape index (κ1) is 43.3. The van der Waals surface area contributed by atoms with E-state index in [-0.39, 0.29) is 18.8 Å². The Balaban J connectivity index is 0.000000180. The third kappa shape index (κ3) is 8.30. The molecule has 2 atom stereocenters. The van der Waals surface area contributed by atoms with Gasteiger partial charge < -0.3 is 23.9 Å². The minimum atomic E-state index is -4.89. The molecule has 2 aromatic carbocycles. The number of Topliss-reactive ketones (excluding diaryl/α,β-unsaturated/α-hetero) is 1. The minimum Gasteiger partial charge on any atom is -0.493 e. The Morgan fingerprint density at radius 2 is 1.24 bits per heavy atom. The summed E-state index contributed by atoms with van der Waals surface area (Å²) in [7, 11) is 0. The molecule has 1 aliphatic carbocycles. The van der Waals surface area contributed by atoms with Gasteiger partial charge in [0.15, 0.2) is 17.0 Å². The molecule has 0 bridgehead atoms. The van der Waals surface area contributed by atoms with Gasteiger partial charge in [0.05, 0.1) is 26.4 Å². The van der Waals surface area contributed by atoms with Gasteiger partial charge >= 0.3 is 12.4 Å². The van der Waals surface area contributed by atoms with Crippen LogP contribution in [0.3, 0.4) is 0 Å². The van der Waals surface area contributed by atoms with Gasteiger partial charge in [-0.15, -0.1) is 0 Å². The molecule has 62 heavy (non-hydrogen) atoms. The summed E-state index contributed by atoms with van der Waals surface area (Å²) in [5, 5.41) is 11.2. The second-order valence-corrected chi connectivity index (χ2v) is 18.0. The van der Waals surface area contributed by atoms with E-state index in [9.17, 15) is 36.2 Å². The van der Waals surface area contributed by atoms with Crippen molar-refractivity contribution in [3.63, 3.8) is 0 Å². The van der Waals surface area contributed by atoms with E-state index in [4.69, 9.17) is 14.2 Å². The molecule has 5 aromatic rings. The van der Waals surface area contributed by atoms with Crippen LogP contribution in [0.25, 0.3) is 22.3 Å². The highest BCUT2D eigenvalue weighted by Gasteiger charge is 2.67. The van der Waals surface area contributed by atoms with Crippen molar-refractivity contribution in [2.24, 2.45) is 0 Å². The highest BCUT2D eigenvalue weighted by Crippen LogP contribution is 2.53. The Kier molecular flexibility index (Phi) is 11.0. The first-order valence-corrected chi connectivity index (χ1v) is 20.5. The van der Waals surface area contributed by atoms with E-state index in [2.05, 4.69) is 19.9 Å². The molecular weight excluding hydrogens is 817 g/mol. The van der Waals surface area contributed by atoms with Gasteiger partial charge in [-0.2, -0.15) is 26.3 Å². The average Bonchev–Trinajstić information content (AvgIpc) is 3.52. The highest BCUT2D eigenvalue weighted by molar-refractivity contribution is 5.98. The summed E-state index contributed by atoms with van der Waals surface area (Å²) in [4.78, 5) is 28.4. The van der Waals surface area contributed by atoms with Crippen molar-refractivity contribution in [2.45, 2.75) is 114 Å². The Labute approximate surface area is 354 Å². The average molecular weight is 864 g/mol. The molecule has 0 spiro atoms. The number of fused-ring (bicyclic) bond motifs is 3. The van der Waals surface area contributed by atoms with Crippen LogP contribution in [0.15, 0.2) is 74.0 Å². The number of epoxide rings is 1. The van der Waals surface area contributed by atoms with E-state index in [0.717, 1.165) is 45.4 Å². The summed E-state index contributed by atoms with van der Waals surface area (Å²) in [6.07, 6.45) is 3.92. The van der Waals surface area contributed by atoms with Crippen LogP contribution in [-0.4, -0.2) is 78.8 Å². The van der Waals surface area contributed by atoms with E-state index < -0.39 is 47.4 Å². The van der Waals surface area contributed by atoms with Crippen molar-refractivity contribution in [3.05, 3.63) is 107 Å². The molecule has 1 saturated heterocycles. The summed E-state index contributed by atoms with van der Waals surface area (Å²) in [6.45, 7) is 7.03. The van der Waals surface area contributed by atoms with Gasteiger partial charge in [0.2, 0.25) is 0 Å². The number of aliphatic hydroxyl groups is 1. The first-order chi connectivity index (χ1) is 29.2. The zero-order chi connectivity index (χ0) is 44.3. The van der Waals surface area contributed by atoms with Crippen molar-refractivity contribution in [2.75, 3.05) is 19.8 Å². The van der Waals surface area contributed by atoms with Crippen LogP contribution in [0.2, 0.25) is 0 Å². The van der Waals surface area contributed by atoms with Crippen LogP contribution in [0.4, 0.5) is 26.3 Å². The number of alkyl halides is 6. The zero-order valence-corrected chi connectivity index (χ0v) is 34.8. The van der Waals surface area contributed by atoms with E-state index in [1.165, 1.54) is 23.4 Å². The van der Waals surface area contributed by atoms with Crippen LogP contribution in [0, 0.1) is 0 Å². The van der Waals surface area contributed by atoms with Crippen LogP contribution in [0.5, 0.6) is 11.5 Å². The smallest absolute Gasteiger partial charge is 0.419 e.